The van der Waals surface area contributed by atoms with Crippen molar-refractivity contribution in [2.75, 3.05) is 6.61 Å². The number of nitrogens with one attached hydrogen (secondary N) is 1. The van der Waals surface area contributed by atoms with E-state index in [-0.39, 0.29) is 0 Å². The van der Waals surface area contributed by atoms with Gasteiger partial charge in [-0.2, -0.15) is 0 Å². The molecule has 0 saturated heterocycles. The van der Waals surface area contributed by atoms with Crippen LogP contribution >= 0.6 is 0 Å². The number of carbonyl (C=O) groups excluding carboxylic acids is 1. The van der Waals surface area contributed by atoms with Gasteiger partial charge in [0.05, 0.1) is 18.8 Å². The van der Waals surface area contributed by atoms with Crippen LogP contribution in [0, 0.1) is 0 Å². The number of unbranched alkanes of at least 4 members (excludes halogenated alkanes) is 33. The number of allylic oxidation sites excluding steroid dienone is 4. The van der Waals surface area contributed by atoms with Gasteiger partial charge in [-0.3, -0.25) is 4.79 Å². The van der Waals surface area contributed by atoms with Crippen LogP contribution in [-0.4, -0.2) is 57.3 Å². The van der Waals surface area contributed by atoms with E-state index < -0.39 is 36.9 Å². The zero-order valence-electron chi connectivity index (χ0n) is 38.1. The molecule has 0 saturated carbocycles. The molecular formula is C51H99NO5. The molecule has 4 atom stereocenters. The molecule has 0 heterocycles. The second-order valence-corrected chi connectivity index (χ2v) is 17.5. The van der Waals surface area contributed by atoms with Crippen molar-refractivity contribution < 1.29 is 25.2 Å². The molecule has 0 aromatic heterocycles. The molecule has 0 bridgehead atoms. The molecule has 4 unspecified atom stereocenters. The Balaban J connectivity index is 3.73. The summed E-state index contributed by atoms with van der Waals surface area (Å²) in [7, 11) is 0. The fraction of sp³-hybridized carbons (Fsp3) is 0.902. The van der Waals surface area contributed by atoms with Gasteiger partial charge in [-0.15, -0.1) is 0 Å². The molecule has 6 nitrogen and oxygen atoms in total. The molecule has 338 valence electrons. The Morgan fingerprint density at radius 1 is 0.421 bits per heavy atom. The lowest BCUT2D eigenvalue weighted by Gasteiger charge is -2.27. The molecule has 1 amide bonds. The molecular weight excluding hydrogens is 707 g/mol. The number of carbonyl (C=O) groups is 1. The lowest BCUT2D eigenvalue weighted by atomic mass is 10.00. The van der Waals surface area contributed by atoms with Gasteiger partial charge in [-0.05, 0) is 51.4 Å². The summed E-state index contributed by atoms with van der Waals surface area (Å²) < 4.78 is 0. The highest BCUT2D eigenvalue weighted by Crippen LogP contribution is 2.17. The summed E-state index contributed by atoms with van der Waals surface area (Å²) in [6.07, 6.45) is 53.7. The van der Waals surface area contributed by atoms with Crippen LogP contribution in [0.2, 0.25) is 0 Å². The summed E-state index contributed by atoms with van der Waals surface area (Å²) in [5, 5.41) is 43.8. The minimum Gasteiger partial charge on any atom is -0.394 e. The van der Waals surface area contributed by atoms with Gasteiger partial charge in [0.15, 0.2) is 0 Å². The quantitative estimate of drug-likeness (QED) is 0.0311. The van der Waals surface area contributed by atoms with Crippen molar-refractivity contribution in [1.82, 2.24) is 5.32 Å². The second kappa shape index (κ2) is 45.9. The molecule has 0 aliphatic carbocycles. The van der Waals surface area contributed by atoms with Crippen LogP contribution in [0.4, 0.5) is 0 Å². The number of hydrogen-bond donors (Lipinski definition) is 5. The molecule has 0 fully saturated rings. The van der Waals surface area contributed by atoms with E-state index in [2.05, 4.69) is 43.5 Å². The van der Waals surface area contributed by atoms with E-state index in [0.717, 1.165) is 38.5 Å². The van der Waals surface area contributed by atoms with Crippen molar-refractivity contribution >= 4 is 5.91 Å². The number of hydrogen-bond acceptors (Lipinski definition) is 5. The summed E-state index contributed by atoms with van der Waals surface area (Å²) in [5.74, 6) is -0.593. The molecule has 0 aliphatic rings. The number of aliphatic hydroxyl groups excluding tert-OH is 4. The first-order valence-corrected chi connectivity index (χ1v) is 25.2. The van der Waals surface area contributed by atoms with Crippen molar-refractivity contribution in [1.29, 1.82) is 0 Å². The zero-order chi connectivity index (χ0) is 41.7. The molecule has 0 aromatic rings. The summed E-state index contributed by atoms with van der Waals surface area (Å²) in [6.45, 7) is 4.06. The van der Waals surface area contributed by atoms with E-state index in [0.29, 0.717) is 19.3 Å². The van der Waals surface area contributed by atoms with Crippen LogP contribution < -0.4 is 5.32 Å². The minimum absolute atomic E-state index is 0.364. The average molecular weight is 806 g/mol. The van der Waals surface area contributed by atoms with Crippen LogP contribution in [-0.2, 0) is 4.79 Å². The van der Waals surface area contributed by atoms with Crippen LogP contribution in [0.5, 0.6) is 0 Å². The maximum Gasteiger partial charge on any atom is 0.249 e. The molecule has 0 aliphatic heterocycles. The van der Waals surface area contributed by atoms with E-state index in [1.54, 1.807) is 0 Å². The first kappa shape index (κ1) is 55.8. The molecule has 0 spiro atoms. The molecule has 6 heteroatoms. The summed E-state index contributed by atoms with van der Waals surface area (Å²) in [5.41, 5.74) is 0. The summed E-state index contributed by atoms with van der Waals surface area (Å²) >= 11 is 0. The third kappa shape index (κ3) is 40.0. The third-order valence-electron chi connectivity index (χ3n) is 11.9. The summed E-state index contributed by atoms with van der Waals surface area (Å²) in [6, 6.07) is -1.01. The highest BCUT2D eigenvalue weighted by molar-refractivity contribution is 5.80. The van der Waals surface area contributed by atoms with E-state index >= 15 is 0 Å². The lowest BCUT2D eigenvalue weighted by Crippen LogP contribution is -2.53. The fourth-order valence-electron chi connectivity index (χ4n) is 7.89. The van der Waals surface area contributed by atoms with Gasteiger partial charge >= 0.3 is 0 Å². The first-order valence-electron chi connectivity index (χ1n) is 25.2. The molecule has 57 heavy (non-hydrogen) atoms. The smallest absolute Gasteiger partial charge is 0.249 e. The predicted molar refractivity (Wildman–Crippen MR) is 247 cm³/mol. The third-order valence-corrected chi connectivity index (χ3v) is 11.9. The van der Waals surface area contributed by atoms with Crippen molar-refractivity contribution in [3.63, 3.8) is 0 Å². The number of rotatable bonds is 46. The highest BCUT2D eigenvalue weighted by Gasteiger charge is 2.28. The largest absolute Gasteiger partial charge is 0.394 e. The Morgan fingerprint density at radius 3 is 1.11 bits per heavy atom. The first-order chi connectivity index (χ1) is 28.0. The van der Waals surface area contributed by atoms with Gasteiger partial charge < -0.3 is 25.7 Å². The number of aliphatic hydroxyl groups is 4. The van der Waals surface area contributed by atoms with Crippen molar-refractivity contribution in [3.8, 4) is 0 Å². The van der Waals surface area contributed by atoms with Gasteiger partial charge in [0, 0.05) is 0 Å². The van der Waals surface area contributed by atoms with E-state index in [1.165, 1.54) is 193 Å². The van der Waals surface area contributed by atoms with Crippen molar-refractivity contribution in [2.45, 2.75) is 289 Å². The van der Waals surface area contributed by atoms with Gasteiger partial charge in [-0.1, -0.05) is 237 Å². The van der Waals surface area contributed by atoms with E-state index in [9.17, 15) is 25.2 Å². The monoisotopic (exact) mass is 806 g/mol. The molecule has 0 aromatic carbocycles. The van der Waals surface area contributed by atoms with Crippen LogP contribution in [0.1, 0.15) is 264 Å². The molecule has 0 radical (unpaired) electrons. The second-order valence-electron chi connectivity index (χ2n) is 17.5. The van der Waals surface area contributed by atoms with Gasteiger partial charge in [0.25, 0.3) is 0 Å². The predicted octanol–water partition coefficient (Wildman–Crippen LogP) is 13.9. The maximum atomic E-state index is 12.5. The fourth-order valence-corrected chi connectivity index (χ4v) is 7.89. The van der Waals surface area contributed by atoms with Crippen molar-refractivity contribution in [3.05, 3.63) is 24.3 Å². The highest BCUT2D eigenvalue weighted by atomic mass is 16.3. The Morgan fingerprint density at radius 2 is 0.737 bits per heavy atom. The SMILES string of the molecule is CCCCCCCCCCCCCCC/C=C/CC/C=C/CCCC(O)C(O)C(CO)NC(=O)C(O)CCCCCCCCCCCCCCCCCCCCC. The van der Waals surface area contributed by atoms with Crippen LogP contribution in [0.15, 0.2) is 24.3 Å². The van der Waals surface area contributed by atoms with Crippen molar-refractivity contribution in [2.24, 2.45) is 0 Å². The topological polar surface area (TPSA) is 110 Å². The lowest BCUT2D eigenvalue weighted by molar-refractivity contribution is -0.132. The van der Waals surface area contributed by atoms with E-state index in [1.807, 2.05) is 0 Å². The van der Waals surface area contributed by atoms with Gasteiger partial charge in [0.1, 0.15) is 12.2 Å². The number of amides is 1. The Bertz CT molecular complexity index is 863. The Kier molecular flexibility index (Phi) is 44.9. The normalized spacial score (nSPS) is 14.1. The van der Waals surface area contributed by atoms with E-state index in [4.69, 9.17) is 0 Å². The zero-order valence-corrected chi connectivity index (χ0v) is 38.1. The van der Waals surface area contributed by atoms with Crippen LogP contribution in [0.25, 0.3) is 0 Å². The Hall–Kier alpha value is -1.21. The molecule has 5 N–H and O–H groups in total. The average Bonchev–Trinajstić information content (AvgIpc) is 3.22. The Labute approximate surface area is 354 Å². The van der Waals surface area contributed by atoms with Crippen LogP contribution in [0.3, 0.4) is 0 Å². The van der Waals surface area contributed by atoms with Gasteiger partial charge in [0.2, 0.25) is 5.91 Å². The minimum atomic E-state index is -1.29. The molecule has 0 rings (SSSR count). The van der Waals surface area contributed by atoms with Gasteiger partial charge in [-0.25, -0.2) is 0 Å². The summed E-state index contributed by atoms with van der Waals surface area (Å²) in [4.78, 5) is 12.5. The maximum absolute atomic E-state index is 12.5. The standard InChI is InChI=1S/C51H99NO5/c1-3-5-7-9-11-13-15-17-19-21-23-24-25-27-28-30-32-34-36-38-40-42-44-48(54)50(56)47(46-53)52-51(57)49(55)45-43-41-39-37-35-33-31-29-26-22-20-18-16-14-12-10-8-6-4-2/h28,30,36,38,47-50,53-56H,3-27,29,31-35,37,39-46H2,1-2H3,(H,52,57)/b30-28+,38-36+.